The molecule has 1 saturated heterocycles. The van der Waals surface area contributed by atoms with E-state index in [1.54, 1.807) is 22.7 Å². The Morgan fingerprint density at radius 1 is 1.55 bits per heavy atom. The van der Waals surface area contributed by atoms with Crippen LogP contribution in [-0.4, -0.2) is 28.9 Å². The summed E-state index contributed by atoms with van der Waals surface area (Å²) in [7, 11) is 0. The van der Waals surface area contributed by atoms with Crippen LogP contribution in [0.1, 0.15) is 34.2 Å². The molecule has 1 aliphatic rings. The number of piperidine rings is 1. The molecule has 1 atom stereocenters. The Labute approximate surface area is 127 Å². The zero-order chi connectivity index (χ0) is 13.9. The van der Waals surface area contributed by atoms with Gasteiger partial charge in [-0.25, -0.2) is 4.98 Å². The lowest BCUT2D eigenvalue weighted by atomic mass is 9.98. The summed E-state index contributed by atoms with van der Waals surface area (Å²) in [6, 6.07) is 2.04. The molecule has 0 bridgehead atoms. The van der Waals surface area contributed by atoms with Crippen molar-refractivity contribution in [3.63, 3.8) is 0 Å². The molecule has 0 aromatic carbocycles. The molecule has 0 spiro atoms. The van der Waals surface area contributed by atoms with Crippen LogP contribution in [0.15, 0.2) is 23.0 Å². The number of thiazole rings is 1. The van der Waals surface area contributed by atoms with Gasteiger partial charge in [0.25, 0.3) is 0 Å². The van der Waals surface area contributed by atoms with Crippen LogP contribution in [0.5, 0.6) is 0 Å². The number of aryl methyl sites for hydroxylation is 1. The Bertz CT molecular complexity index is 576. The molecule has 1 amide bonds. The van der Waals surface area contributed by atoms with Crippen LogP contribution in [0.3, 0.4) is 0 Å². The van der Waals surface area contributed by atoms with E-state index in [2.05, 4.69) is 17.3 Å². The number of amides is 1. The lowest BCUT2D eigenvalue weighted by Crippen LogP contribution is -2.39. The van der Waals surface area contributed by atoms with Gasteiger partial charge in [-0.2, -0.15) is 11.3 Å². The quantitative estimate of drug-likeness (QED) is 0.870. The second-order valence-corrected chi connectivity index (χ2v) is 7.34. The van der Waals surface area contributed by atoms with Gasteiger partial charge < -0.3 is 4.90 Å². The standard InChI is InChI=1S/C15H18N2OS2/c1-11-8-16-15(20-11)13-3-2-5-17(9-13)14(18)7-12-4-6-19-10-12/h4,6,8,10,13H,2-3,5,7,9H2,1H3/t13-/m0/s1. The van der Waals surface area contributed by atoms with E-state index in [4.69, 9.17) is 0 Å². The monoisotopic (exact) mass is 306 g/mol. The maximum Gasteiger partial charge on any atom is 0.227 e. The highest BCUT2D eigenvalue weighted by molar-refractivity contribution is 7.11. The molecule has 1 aliphatic heterocycles. The molecule has 0 saturated carbocycles. The van der Waals surface area contributed by atoms with Crippen molar-refractivity contribution in [2.45, 2.75) is 32.1 Å². The summed E-state index contributed by atoms with van der Waals surface area (Å²) in [5.41, 5.74) is 1.13. The van der Waals surface area contributed by atoms with Crippen molar-refractivity contribution < 1.29 is 4.79 Å². The van der Waals surface area contributed by atoms with Gasteiger partial charge in [0.05, 0.1) is 11.4 Å². The van der Waals surface area contributed by atoms with E-state index in [-0.39, 0.29) is 5.91 Å². The Hall–Kier alpha value is -1.20. The minimum absolute atomic E-state index is 0.251. The van der Waals surface area contributed by atoms with Gasteiger partial charge in [0.2, 0.25) is 5.91 Å². The topological polar surface area (TPSA) is 33.2 Å². The zero-order valence-corrected chi connectivity index (χ0v) is 13.2. The van der Waals surface area contributed by atoms with Crippen molar-refractivity contribution in [1.29, 1.82) is 0 Å². The molecule has 2 aromatic heterocycles. The fourth-order valence-electron chi connectivity index (χ4n) is 2.65. The van der Waals surface area contributed by atoms with Crippen molar-refractivity contribution in [2.75, 3.05) is 13.1 Å². The number of thiophene rings is 1. The van der Waals surface area contributed by atoms with E-state index in [0.29, 0.717) is 12.3 Å². The number of likely N-dealkylation sites (tertiary alicyclic amines) is 1. The summed E-state index contributed by atoms with van der Waals surface area (Å²) < 4.78 is 0. The van der Waals surface area contributed by atoms with Crippen molar-refractivity contribution >= 4 is 28.6 Å². The van der Waals surface area contributed by atoms with Gasteiger partial charge in [-0.3, -0.25) is 4.79 Å². The van der Waals surface area contributed by atoms with E-state index < -0.39 is 0 Å². The zero-order valence-electron chi connectivity index (χ0n) is 11.5. The molecule has 3 rings (SSSR count). The second-order valence-electron chi connectivity index (χ2n) is 5.30. The number of hydrogen-bond donors (Lipinski definition) is 0. The van der Waals surface area contributed by atoms with Gasteiger partial charge in [0, 0.05) is 30.1 Å². The first-order valence-electron chi connectivity index (χ1n) is 6.93. The number of carbonyl (C=O) groups is 1. The first-order chi connectivity index (χ1) is 9.72. The molecule has 0 N–H and O–H groups in total. The fraction of sp³-hybridized carbons (Fsp3) is 0.467. The van der Waals surface area contributed by atoms with Crippen LogP contribution in [0.25, 0.3) is 0 Å². The molecule has 106 valence electrons. The Balaban J connectivity index is 1.64. The molecule has 5 heteroatoms. The number of carbonyl (C=O) groups excluding carboxylic acids is 1. The Morgan fingerprint density at radius 3 is 3.15 bits per heavy atom. The van der Waals surface area contributed by atoms with Crippen LogP contribution in [0.2, 0.25) is 0 Å². The van der Waals surface area contributed by atoms with Crippen LogP contribution < -0.4 is 0 Å². The minimum atomic E-state index is 0.251. The van der Waals surface area contributed by atoms with E-state index in [1.807, 2.05) is 22.5 Å². The third-order valence-corrected chi connectivity index (χ3v) is 5.51. The van der Waals surface area contributed by atoms with Gasteiger partial charge >= 0.3 is 0 Å². The lowest BCUT2D eigenvalue weighted by molar-refractivity contribution is -0.131. The molecule has 3 heterocycles. The predicted octanol–water partition coefficient (Wildman–Crippen LogP) is 3.46. The molecule has 0 unspecified atom stereocenters. The number of nitrogens with zero attached hydrogens (tertiary/aromatic N) is 2. The first-order valence-corrected chi connectivity index (χ1v) is 8.69. The number of aromatic nitrogens is 1. The van der Waals surface area contributed by atoms with Gasteiger partial charge in [-0.1, -0.05) is 0 Å². The Morgan fingerprint density at radius 2 is 2.45 bits per heavy atom. The van der Waals surface area contributed by atoms with Crippen LogP contribution >= 0.6 is 22.7 Å². The summed E-state index contributed by atoms with van der Waals surface area (Å²) in [5.74, 6) is 0.676. The minimum Gasteiger partial charge on any atom is -0.342 e. The van der Waals surface area contributed by atoms with Crippen LogP contribution in [-0.2, 0) is 11.2 Å². The average Bonchev–Trinajstić information content (AvgIpc) is 3.10. The van der Waals surface area contributed by atoms with Gasteiger partial charge in [0.1, 0.15) is 0 Å². The Kier molecular flexibility index (Phi) is 4.17. The van der Waals surface area contributed by atoms with E-state index in [9.17, 15) is 4.79 Å². The fourth-order valence-corrected chi connectivity index (χ4v) is 4.21. The molecule has 0 radical (unpaired) electrons. The largest absolute Gasteiger partial charge is 0.342 e. The van der Waals surface area contributed by atoms with Crippen molar-refractivity contribution in [3.05, 3.63) is 38.5 Å². The molecule has 3 nitrogen and oxygen atoms in total. The lowest BCUT2D eigenvalue weighted by Gasteiger charge is -2.31. The maximum atomic E-state index is 12.4. The first kappa shape index (κ1) is 13.8. The second kappa shape index (κ2) is 6.06. The summed E-state index contributed by atoms with van der Waals surface area (Å²) in [6.45, 7) is 3.81. The summed E-state index contributed by atoms with van der Waals surface area (Å²) in [6.07, 6.45) is 4.70. The average molecular weight is 306 g/mol. The molecule has 2 aromatic rings. The van der Waals surface area contributed by atoms with Gasteiger partial charge in [-0.05, 0) is 42.2 Å². The van der Waals surface area contributed by atoms with Crippen LogP contribution in [0, 0.1) is 6.92 Å². The summed E-state index contributed by atoms with van der Waals surface area (Å²) in [4.78, 5) is 20.1. The van der Waals surface area contributed by atoms with Crippen molar-refractivity contribution in [2.24, 2.45) is 0 Å². The SMILES string of the molecule is Cc1cnc([C@H]2CCCN(C(=O)Cc3ccsc3)C2)s1. The third kappa shape index (κ3) is 3.10. The summed E-state index contributed by atoms with van der Waals surface area (Å²) >= 11 is 3.42. The van der Waals surface area contributed by atoms with E-state index in [0.717, 1.165) is 31.5 Å². The van der Waals surface area contributed by atoms with Crippen molar-refractivity contribution in [3.8, 4) is 0 Å². The van der Waals surface area contributed by atoms with Crippen LogP contribution in [0.4, 0.5) is 0 Å². The molecule has 1 fully saturated rings. The molecule has 0 aliphatic carbocycles. The smallest absolute Gasteiger partial charge is 0.227 e. The highest BCUT2D eigenvalue weighted by Gasteiger charge is 2.26. The van der Waals surface area contributed by atoms with Crippen molar-refractivity contribution in [1.82, 2.24) is 9.88 Å². The van der Waals surface area contributed by atoms with E-state index in [1.165, 1.54) is 9.88 Å². The third-order valence-electron chi connectivity index (χ3n) is 3.70. The number of rotatable bonds is 3. The molecular weight excluding hydrogens is 288 g/mol. The highest BCUT2D eigenvalue weighted by atomic mass is 32.1. The normalized spacial score (nSPS) is 19.2. The molecular formula is C15H18N2OS2. The predicted molar refractivity (Wildman–Crippen MR) is 83.4 cm³/mol. The highest BCUT2D eigenvalue weighted by Crippen LogP contribution is 2.30. The summed E-state index contributed by atoms with van der Waals surface area (Å²) in [5, 5.41) is 5.28. The maximum absolute atomic E-state index is 12.4. The number of hydrogen-bond acceptors (Lipinski definition) is 4. The van der Waals surface area contributed by atoms with Gasteiger partial charge in [0.15, 0.2) is 0 Å². The van der Waals surface area contributed by atoms with E-state index >= 15 is 0 Å². The molecule has 20 heavy (non-hydrogen) atoms. The van der Waals surface area contributed by atoms with Gasteiger partial charge in [-0.15, -0.1) is 11.3 Å².